The maximum Gasteiger partial charge on any atom is 0.149 e. The minimum atomic E-state index is -0.880. The van der Waals surface area contributed by atoms with Crippen molar-refractivity contribution in [3.8, 4) is 0 Å². The zero-order valence-corrected chi connectivity index (χ0v) is 7.36. The predicted molar refractivity (Wildman–Crippen MR) is 43.3 cm³/mol. The number of rotatable bonds is 5. The highest BCUT2D eigenvalue weighted by molar-refractivity contribution is 5.82. The summed E-state index contributed by atoms with van der Waals surface area (Å²) < 4.78 is 12.2. The fourth-order valence-corrected chi connectivity index (χ4v) is 0.598. The largest absolute Gasteiger partial charge is 0.307 e. The van der Waals surface area contributed by atoms with Gasteiger partial charge in [-0.3, -0.25) is 4.79 Å². The summed E-state index contributed by atoms with van der Waals surface area (Å²) in [5.41, 5.74) is 0. The standard InChI is InChI=1S/C8H16FNO/c1-6(2)8(11)5-10-4-7(3)9/h6-7,10H,4-5H2,1-3H3. The van der Waals surface area contributed by atoms with Gasteiger partial charge in [0.2, 0.25) is 0 Å². The highest BCUT2D eigenvalue weighted by Crippen LogP contribution is 1.92. The Hall–Kier alpha value is -0.440. The van der Waals surface area contributed by atoms with Gasteiger partial charge in [-0.15, -0.1) is 0 Å². The molecule has 0 bridgehead atoms. The lowest BCUT2D eigenvalue weighted by Crippen LogP contribution is -2.30. The van der Waals surface area contributed by atoms with Crippen molar-refractivity contribution in [2.24, 2.45) is 5.92 Å². The van der Waals surface area contributed by atoms with Gasteiger partial charge in [-0.25, -0.2) is 4.39 Å². The molecular formula is C8H16FNO. The van der Waals surface area contributed by atoms with Crippen LogP contribution in [0.1, 0.15) is 20.8 Å². The fourth-order valence-electron chi connectivity index (χ4n) is 0.598. The smallest absolute Gasteiger partial charge is 0.149 e. The topological polar surface area (TPSA) is 29.1 Å². The zero-order chi connectivity index (χ0) is 8.85. The number of Topliss-reactive ketones (excluding diaryl/α,β-unsaturated/α-hetero) is 1. The number of carbonyl (C=O) groups is 1. The molecule has 0 aliphatic rings. The van der Waals surface area contributed by atoms with Crippen molar-refractivity contribution in [3.05, 3.63) is 0 Å². The molecule has 11 heavy (non-hydrogen) atoms. The normalized spacial score (nSPS) is 13.5. The molecule has 0 aliphatic heterocycles. The number of halogens is 1. The zero-order valence-electron chi connectivity index (χ0n) is 7.36. The summed E-state index contributed by atoms with van der Waals surface area (Å²) >= 11 is 0. The molecule has 1 atom stereocenters. The quantitative estimate of drug-likeness (QED) is 0.655. The van der Waals surface area contributed by atoms with E-state index in [0.717, 1.165) is 0 Å². The second-order valence-corrected chi connectivity index (χ2v) is 3.03. The molecule has 0 heterocycles. The van der Waals surface area contributed by atoms with E-state index in [1.54, 1.807) is 0 Å². The minimum absolute atomic E-state index is 0.0393. The van der Waals surface area contributed by atoms with Crippen molar-refractivity contribution in [1.82, 2.24) is 5.32 Å². The Morgan fingerprint density at radius 3 is 2.36 bits per heavy atom. The molecule has 0 fully saturated rings. The Kier molecular flexibility index (Phi) is 5.03. The van der Waals surface area contributed by atoms with Crippen LogP contribution >= 0.6 is 0 Å². The van der Waals surface area contributed by atoms with Crippen molar-refractivity contribution in [3.63, 3.8) is 0 Å². The molecule has 2 nitrogen and oxygen atoms in total. The summed E-state index contributed by atoms with van der Waals surface area (Å²) in [6.45, 7) is 5.68. The van der Waals surface area contributed by atoms with Crippen molar-refractivity contribution >= 4 is 5.78 Å². The van der Waals surface area contributed by atoms with E-state index in [1.807, 2.05) is 13.8 Å². The molecule has 0 rings (SSSR count). The summed E-state index contributed by atoms with van der Waals surface area (Å²) in [4.78, 5) is 10.9. The second-order valence-electron chi connectivity index (χ2n) is 3.03. The average Bonchev–Trinajstić information content (AvgIpc) is 1.86. The van der Waals surface area contributed by atoms with Gasteiger partial charge in [0.05, 0.1) is 6.54 Å². The lowest BCUT2D eigenvalue weighted by atomic mass is 10.1. The summed E-state index contributed by atoms with van der Waals surface area (Å²) in [7, 11) is 0. The van der Waals surface area contributed by atoms with Gasteiger partial charge in [0.25, 0.3) is 0 Å². The highest BCUT2D eigenvalue weighted by atomic mass is 19.1. The van der Waals surface area contributed by atoms with E-state index in [2.05, 4.69) is 5.32 Å². The van der Waals surface area contributed by atoms with Gasteiger partial charge >= 0.3 is 0 Å². The Labute approximate surface area is 67.2 Å². The minimum Gasteiger partial charge on any atom is -0.307 e. The SMILES string of the molecule is CC(F)CNCC(=O)C(C)C. The molecule has 0 aromatic heterocycles. The third kappa shape index (κ3) is 5.98. The van der Waals surface area contributed by atoms with Gasteiger partial charge in [0, 0.05) is 12.5 Å². The van der Waals surface area contributed by atoms with E-state index in [9.17, 15) is 9.18 Å². The van der Waals surface area contributed by atoms with Gasteiger partial charge in [-0.1, -0.05) is 13.8 Å². The highest BCUT2D eigenvalue weighted by Gasteiger charge is 2.06. The molecule has 0 spiro atoms. The van der Waals surface area contributed by atoms with E-state index >= 15 is 0 Å². The lowest BCUT2D eigenvalue weighted by molar-refractivity contribution is -0.121. The number of ketones is 1. The molecule has 3 heteroatoms. The second kappa shape index (κ2) is 5.24. The molecule has 0 saturated heterocycles. The maximum absolute atomic E-state index is 12.2. The number of hydrogen-bond acceptors (Lipinski definition) is 2. The molecule has 0 aliphatic carbocycles. The van der Waals surface area contributed by atoms with Crippen LogP contribution in [0.2, 0.25) is 0 Å². The Bertz CT molecular complexity index is 123. The summed E-state index contributed by atoms with van der Waals surface area (Å²) in [6, 6.07) is 0. The van der Waals surface area contributed by atoms with E-state index in [-0.39, 0.29) is 24.8 Å². The third-order valence-electron chi connectivity index (χ3n) is 1.37. The van der Waals surface area contributed by atoms with E-state index in [1.165, 1.54) is 6.92 Å². The van der Waals surface area contributed by atoms with Crippen LogP contribution in [0.25, 0.3) is 0 Å². The fraction of sp³-hybridized carbons (Fsp3) is 0.875. The monoisotopic (exact) mass is 161 g/mol. The van der Waals surface area contributed by atoms with Crippen molar-refractivity contribution in [1.29, 1.82) is 0 Å². The van der Waals surface area contributed by atoms with Crippen molar-refractivity contribution < 1.29 is 9.18 Å². The molecular weight excluding hydrogens is 145 g/mol. The van der Waals surface area contributed by atoms with Crippen LogP contribution in [0.15, 0.2) is 0 Å². The Morgan fingerprint density at radius 1 is 1.45 bits per heavy atom. The van der Waals surface area contributed by atoms with E-state index in [4.69, 9.17) is 0 Å². The molecule has 0 amide bonds. The molecule has 0 saturated carbocycles. The summed E-state index contributed by atoms with van der Waals surface area (Å²) in [5, 5.41) is 2.74. The van der Waals surface area contributed by atoms with Crippen LogP contribution in [-0.2, 0) is 4.79 Å². The van der Waals surface area contributed by atoms with Crippen molar-refractivity contribution in [2.45, 2.75) is 26.9 Å². The predicted octanol–water partition coefficient (Wildman–Crippen LogP) is 1.16. The molecule has 1 N–H and O–H groups in total. The van der Waals surface area contributed by atoms with Crippen LogP contribution < -0.4 is 5.32 Å². The molecule has 0 radical (unpaired) electrons. The third-order valence-corrected chi connectivity index (χ3v) is 1.37. The Morgan fingerprint density at radius 2 is 2.00 bits per heavy atom. The average molecular weight is 161 g/mol. The maximum atomic E-state index is 12.2. The molecule has 0 aromatic carbocycles. The van der Waals surface area contributed by atoms with Crippen LogP contribution in [-0.4, -0.2) is 25.0 Å². The van der Waals surface area contributed by atoms with Gasteiger partial charge < -0.3 is 5.32 Å². The number of nitrogens with one attached hydrogen (secondary N) is 1. The van der Waals surface area contributed by atoms with E-state index < -0.39 is 6.17 Å². The summed E-state index contributed by atoms with van der Waals surface area (Å²) in [5.74, 6) is 0.170. The first kappa shape index (κ1) is 10.6. The van der Waals surface area contributed by atoms with Gasteiger partial charge in [0.1, 0.15) is 12.0 Å². The molecule has 66 valence electrons. The van der Waals surface area contributed by atoms with Gasteiger partial charge in [-0.2, -0.15) is 0 Å². The van der Waals surface area contributed by atoms with Crippen LogP contribution in [0.5, 0.6) is 0 Å². The summed E-state index contributed by atoms with van der Waals surface area (Å²) in [6.07, 6.45) is -0.880. The number of alkyl halides is 1. The van der Waals surface area contributed by atoms with Gasteiger partial charge in [-0.05, 0) is 6.92 Å². The molecule has 1 unspecified atom stereocenters. The van der Waals surface area contributed by atoms with Gasteiger partial charge in [0.15, 0.2) is 0 Å². The first-order valence-electron chi connectivity index (χ1n) is 3.91. The number of carbonyl (C=O) groups excluding carboxylic acids is 1. The first-order valence-corrected chi connectivity index (χ1v) is 3.91. The van der Waals surface area contributed by atoms with Crippen molar-refractivity contribution in [2.75, 3.05) is 13.1 Å². The Balaban J connectivity index is 3.32. The first-order chi connectivity index (χ1) is 5.04. The lowest BCUT2D eigenvalue weighted by Gasteiger charge is -2.06. The van der Waals surface area contributed by atoms with Crippen LogP contribution in [0.4, 0.5) is 4.39 Å². The van der Waals surface area contributed by atoms with Crippen LogP contribution in [0, 0.1) is 5.92 Å². The number of hydrogen-bond donors (Lipinski definition) is 1. The van der Waals surface area contributed by atoms with E-state index in [0.29, 0.717) is 0 Å². The van der Waals surface area contributed by atoms with Crippen LogP contribution in [0.3, 0.4) is 0 Å². The molecule has 0 aromatic rings.